The number of para-hydroxylation sites is 1. The number of thiazole rings is 1. The third-order valence-corrected chi connectivity index (χ3v) is 4.54. The molecule has 0 aliphatic rings. The van der Waals surface area contributed by atoms with E-state index in [0.717, 1.165) is 15.2 Å². The monoisotopic (exact) mass is 355 g/mol. The van der Waals surface area contributed by atoms with E-state index in [2.05, 4.69) is 15.1 Å². The van der Waals surface area contributed by atoms with E-state index in [1.807, 2.05) is 24.3 Å². The summed E-state index contributed by atoms with van der Waals surface area (Å²) < 4.78 is 16.5. The molecule has 4 rings (SSSR count). The van der Waals surface area contributed by atoms with Crippen LogP contribution in [-0.2, 0) is 22.6 Å². The topological polar surface area (TPSA) is 91.2 Å². The van der Waals surface area contributed by atoms with E-state index in [9.17, 15) is 4.79 Å². The molecule has 0 atom stereocenters. The van der Waals surface area contributed by atoms with E-state index in [0.29, 0.717) is 18.0 Å². The molecule has 0 bridgehead atoms. The lowest BCUT2D eigenvalue weighted by molar-refractivity contribution is -0.145. The number of fused-ring (bicyclic) bond motifs is 1. The van der Waals surface area contributed by atoms with Gasteiger partial charge in [0.05, 0.1) is 27.9 Å². The lowest BCUT2D eigenvalue weighted by atomic mass is 10.3. The fourth-order valence-corrected chi connectivity index (χ4v) is 3.23. The number of nitrogens with zero attached hydrogens (tertiary/aromatic N) is 3. The van der Waals surface area contributed by atoms with Crippen LogP contribution in [0.25, 0.3) is 21.9 Å². The molecule has 8 heteroatoms. The van der Waals surface area contributed by atoms with Crippen molar-refractivity contribution in [3.8, 4) is 11.7 Å². The number of aromatic nitrogens is 3. The first kappa shape index (κ1) is 15.5. The zero-order valence-corrected chi connectivity index (χ0v) is 13.9. The SMILES string of the molecule is O=C(CCc1nc2ccccc2s1)OCc1noc(-c2ccco2)n1. The van der Waals surface area contributed by atoms with Gasteiger partial charge < -0.3 is 13.7 Å². The van der Waals surface area contributed by atoms with E-state index < -0.39 is 0 Å². The van der Waals surface area contributed by atoms with Crippen molar-refractivity contribution in [2.45, 2.75) is 19.4 Å². The molecule has 4 aromatic rings. The molecule has 0 aliphatic carbocycles. The normalized spacial score (nSPS) is 11.0. The molecule has 126 valence electrons. The van der Waals surface area contributed by atoms with Gasteiger partial charge in [0.2, 0.25) is 5.82 Å². The molecule has 1 aromatic carbocycles. The molecule has 7 nitrogen and oxygen atoms in total. The molecule has 0 fully saturated rings. The molecule has 0 unspecified atom stereocenters. The Balaban J connectivity index is 1.29. The summed E-state index contributed by atoms with van der Waals surface area (Å²) in [7, 11) is 0. The molecule has 0 aliphatic heterocycles. The number of hydrogen-bond acceptors (Lipinski definition) is 8. The molecular formula is C17H13N3O4S. The van der Waals surface area contributed by atoms with Crippen molar-refractivity contribution < 1.29 is 18.5 Å². The second-order valence-electron chi connectivity index (χ2n) is 5.23. The van der Waals surface area contributed by atoms with Crippen molar-refractivity contribution in [2.75, 3.05) is 0 Å². The van der Waals surface area contributed by atoms with Gasteiger partial charge in [0.1, 0.15) is 0 Å². The van der Waals surface area contributed by atoms with E-state index in [4.69, 9.17) is 13.7 Å². The van der Waals surface area contributed by atoms with Crippen molar-refractivity contribution in [1.29, 1.82) is 0 Å². The number of furan rings is 1. The summed E-state index contributed by atoms with van der Waals surface area (Å²) in [6.07, 6.45) is 2.31. The Kier molecular flexibility index (Phi) is 4.26. The van der Waals surface area contributed by atoms with Crippen LogP contribution < -0.4 is 0 Å². The van der Waals surface area contributed by atoms with Crippen molar-refractivity contribution >= 4 is 27.5 Å². The van der Waals surface area contributed by atoms with Gasteiger partial charge in [-0.25, -0.2) is 4.98 Å². The zero-order chi connectivity index (χ0) is 17.1. The summed E-state index contributed by atoms with van der Waals surface area (Å²) in [5, 5.41) is 4.67. The quantitative estimate of drug-likeness (QED) is 0.488. The highest BCUT2D eigenvalue weighted by atomic mass is 32.1. The highest BCUT2D eigenvalue weighted by Crippen LogP contribution is 2.22. The van der Waals surface area contributed by atoms with Gasteiger partial charge in [0.15, 0.2) is 12.4 Å². The van der Waals surface area contributed by atoms with Gasteiger partial charge in [-0.2, -0.15) is 4.98 Å². The highest BCUT2D eigenvalue weighted by molar-refractivity contribution is 7.18. The van der Waals surface area contributed by atoms with Gasteiger partial charge in [0.25, 0.3) is 5.89 Å². The van der Waals surface area contributed by atoms with Crippen molar-refractivity contribution in [3.63, 3.8) is 0 Å². The third kappa shape index (κ3) is 3.58. The number of carbonyl (C=O) groups is 1. The van der Waals surface area contributed by atoms with Gasteiger partial charge >= 0.3 is 5.97 Å². The van der Waals surface area contributed by atoms with Gasteiger partial charge in [-0.1, -0.05) is 17.3 Å². The number of hydrogen-bond donors (Lipinski definition) is 0. The average molecular weight is 355 g/mol. The predicted octanol–water partition coefficient (Wildman–Crippen LogP) is 3.62. The summed E-state index contributed by atoms with van der Waals surface area (Å²) in [6, 6.07) is 11.3. The number of carbonyl (C=O) groups excluding carboxylic acids is 1. The van der Waals surface area contributed by atoms with E-state index in [-0.39, 0.29) is 24.9 Å². The fourth-order valence-electron chi connectivity index (χ4n) is 2.27. The fraction of sp³-hybridized carbons (Fsp3) is 0.176. The molecule has 0 saturated carbocycles. The zero-order valence-electron chi connectivity index (χ0n) is 13.0. The predicted molar refractivity (Wildman–Crippen MR) is 89.7 cm³/mol. The van der Waals surface area contributed by atoms with Gasteiger partial charge in [-0.3, -0.25) is 4.79 Å². The van der Waals surface area contributed by atoms with Crippen LogP contribution in [0.5, 0.6) is 0 Å². The standard InChI is InChI=1S/C17H13N3O4S/c21-16(8-7-15-18-11-4-1-2-6-13(11)25-15)23-10-14-19-17(24-20-14)12-5-3-9-22-12/h1-6,9H,7-8,10H2. The highest BCUT2D eigenvalue weighted by Gasteiger charge is 2.13. The Morgan fingerprint density at radius 3 is 2.92 bits per heavy atom. The number of ether oxygens (including phenoxy) is 1. The van der Waals surface area contributed by atoms with E-state index in [1.54, 1.807) is 23.5 Å². The van der Waals surface area contributed by atoms with Crippen LogP contribution >= 0.6 is 11.3 Å². The maximum Gasteiger partial charge on any atom is 0.306 e. The summed E-state index contributed by atoms with van der Waals surface area (Å²) in [5.74, 6) is 0.690. The van der Waals surface area contributed by atoms with Gasteiger partial charge in [-0.05, 0) is 24.3 Å². The molecule has 25 heavy (non-hydrogen) atoms. The minimum Gasteiger partial charge on any atom is -0.459 e. The van der Waals surface area contributed by atoms with Crippen LogP contribution in [0, 0.1) is 0 Å². The largest absolute Gasteiger partial charge is 0.459 e. The number of aryl methyl sites for hydroxylation is 1. The summed E-state index contributed by atoms with van der Waals surface area (Å²) in [5.41, 5.74) is 0.952. The van der Waals surface area contributed by atoms with E-state index >= 15 is 0 Å². The minimum atomic E-state index is -0.330. The van der Waals surface area contributed by atoms with Crippen LogP contribution in [0.3, 0.4) is 0 Å². The number of rotatable bonds is 6. The molecule has 3 heterocycles. The van der Waals surface area contributed by atoms with Crippen LogP contribution in [0.15, 0.2) is 51.6 Å². The lowest BCUT2D eigenvalue weighted by Crippen LogP contribution is -2.06. The van der Waals surface area contributed by atoms with Crippen LogP contribution in [0.4, 0.5) is 0 Å². The molecule has 0 N–H and O–H groups in total. The van der Waals surface area contributed by atoms with Crippen LogP contribution in [0.2, 0.25) is 0 Å². The second-order valence-corrected chi connectivity index (χ2v) is 6.34. The first-order valence-electron chi connectivity index (χ1n) is 7.64. The molecule has 3 aromatic heterocycles. The summed E-state index contributed by atoms with van der Waals surface area (Å²) >= 11 is 1.59. The minimum absolute atomic E-state index is 0.0388. The lowest BCUT2D eigenvalue weighted by Gasteiger charge is -2.00. The maximum atomic E-state index is 11.9. The molecule has 0 amide bonds. The molecule has 0 radical (unpaired) electrons. The maximum absolute atomic E-state index is 11.9. The van der Waals surface area contributed by atoms with Crippen molar-refractivity contribution in [2.24, 2.45) is 0 Å². The Hall–Kier alpha value is -3.00. The van der Waals surface area contributed by atoms with Crippen LogP contribution in [-0.4, -0.2) is 21.1 Å². The van der Waals surface area contributed by atoms with E-state index in [1.165, 1.54) is 6.26 Å². The third-order valence-electron chi connectivity index (χ3n) is 3.44. The molecule has 0 saturated heterocycles. The summed E-state index contributed by atoms with van der Waals surface area (Å²) in [4.78, 5) is 20.5. The van der Waals surface area contributed by atoms with Crippen molar-refractivity contribution in [1.82, 2.24) is 15.1 Å². The Morgan fingerprint density at radius 2 is 2.08 bits per heavy atom. The Bertz CT molecular complexity index is 957. The second kappa shape index (κ2) is 6.86. The number of esters is 1. The Morgan fingerprint density at radius 1 is 1.16 bits per heavy atom. The smallest absolute Gasteiger partial charge is 0.306 e. The molecular weight excluding hydrogens is 342 g/mol. The van der Waals surface area contributed by atoms with Crippen molar-refractivity contribution in [3.05, 3.63) is 53.5 Å². The van der Waals surface area contributed by atoms with Gasteiger partial charge in [-0.15, -0.1) is 11.3 Å². The summed E-state index contributed by atoms with van der Waals surface area (Å²) in [6.45, 7) is -0.0388. The van der Waals surface area contributed by atoms with Gasteiger partial charge in [0, 0.05) is 6.42 Å². The first-order valence-corrected chi connectivity index (χ1v) is 8.46. The molecule has 0 spiro atoms. The first-order chi connectivity index (χ1) is 12.3. The average Bonchev–Trinajstić information content (AvgIpc) is 3.37. The Labute approximate surface area is 146 Å². The number of benzene rings is 1. The van der Waals surface area contributed by atoms with Crippen LogP contribution in [0.1, 0.15) is 17.3 Å².